The number of phenolic OH excluding ortho intramolecular Hbond substituents is 3. The molecule has 0 spiro atoms. The minimum atomic E-state index is -0.745. The molecule has 1 heterocycles. The Balaban J connectivity index is 1.81. The first-order valence-corrected chi connectivity index (χ1v) is 21.5. The highest BCUT2D eigenvalue weighted by Crippen LogP contribution is 2.44. The molecule has 1 fully saturated rings. The van der Waals surface area contributed by atoms with Gasteiger partial charge in [-0.3, -0.25) is 0 Å². The van der Waals surface area contributed by atoms with Gasteiger partial charge in [0.05, 0.1) is 19.6 Å². The summed E-state index contributed by atoms with van der Waals surface area (Å²) in [7, 11) is 0. The maximum absolute atomic E-state index is 14.8. The Hall–Kier alpha value is -4.53. The van der Waals surface area contributed by atoms with E-state index in [1.54, 1.807) is 0 Å². The van der Waals surface area contributed by atoms with E-state index >= 15 is 0 Å². The van der Waals surface area contributed by atoms with Crippen LogP contribution in [0.2, 0.25) is 0 Å². The smallest absolute Gasteiger partial charge is 0.336 e. The van der Waals surface area contributed by atoms with Crippen LogP contribution < -0.4 is 17.1 Å². The first kappa shape index (κ1) is 45.6. The molecule has 4 aromatic rings. The average Bonchev–Trinajstić information content (AvgIpc) is 3.10. The van der Waals surface area contributed by atoms with Crippen molar-refractivity contribution >= 4 is 0 Å². The maximum atomic E-state index is 14.8. The molecule has 9 heteroatoms. The number of benzene rings is 3. The fraction of sp³-hybridized carbons (Fsp3) is 0.580. The van der Waals surface area contributed by atoms with Crippen LogP contribution in [0, 0.1) is 0 Å². The number of aromatic hydroxyl groups is 3. The minimum Gasteiger partial charge on any atom is -0.507 e. The Morgan fingerprint density at radius 1 is 0.424 bits per heavy atom. The average molecular weight is 810 g/mol. The molecule has 9 nitrogen and oxygen atoms in total. The topological polar surface area (TPSA) is 127 Å². The summed E-state index contributed by atoms with van der Waals surface area (Å²) in [5.41, 5.74) is 1.98. The maximum Gasteiger partial charge on any atom is 0.336 e. The Morgan fingerprint density at radius 2 is 0.678 bits per heavy atom. The van der Waals surface area contributed by atoms with Gasteiger partial charge in [-0.2, -0.15) is 0 Å². The number of nitrogens with zero attached hydrogens (tertiary/aromatic N) is 3. The highest BCUT2D eigenvalue weighted by molar-refractivity contribution is 5.52. The standard InChI is InChI=1S/C50H71N3O6/c1-46(2,3)35-22-30(21-34(40(35)54)33-19-17-16-18-20-33)27-51-43(57)52(28-31-23-36(47(4,5)6)41(55)37(24-31)48(7,8)9)45(59)53(44(51)58)29-32-25-38(49(10,11)12)42(56)39(26-32)50(13,14)15/h21-26,33,54-56H,16-20,27-29H2,1-15H3. The fourth-order valence-corrected chi connectivity index (χ4v) is 8.60. The second kappa shape index (κ2) is 15.8. The summed E-state index contributed by atoms with van der Waals surface area (Å²) < 4.78 is 3.42. The van der Waals surface area contributed by atoms with Crippen LogP contribution in [0.1, 0.15) is 192 Å². The minimum absolute atomic E-state index is 0.104. The zero-order chi connectivity index (χ0) is 44.4. The van der Waals surface area contributed by atoms with E-state index in [-0.39, 0.29) is 42.8 Å². The van der Waals surface area contributed by atoms with Crippen LogP contribution in [0.25, 0.3) is 0 Å². The molecule has 1 saturated carbocycles. The third kappa shape index (κ3) is 9.60. The van der Waals surface area contributed by atoms with Crippen molar-refractivity contribution in [3.8, 4) is 17.2 Å². The van der Waals surface area contributed by atoms with E-state index in [0.717, 1.165) is 56.9 Å². The fourth-order valence-electron chi connectivity index (χ4n) is 8.60. The molecule has 0 amide bonds. The van der Waals surface area contributed by atoms with E-state index in [0.29, 0.717) is 38.9 Å². The monoisotopic (exact) mass is 810 g/mol. The Bertz CT molecular complexity index is 2210. The number of hydrogen-bond donors (Lipinski definition) is 3. The molecule has 1 aromatic heterocycles. The highest BCUT2D eigenvalue weighted by Gasteiger charge is 2.31. The van der Waals surface area contributed by atoms with Gasteiger partial charge >= 0.3 is 17.1 Å². The molecule has 0 radical (unpaired) electrons. The van der Waals surface area contributed by atoms with Crippen LogP contribution in [0.3, 0.4) is 0 Å². The lowest BCUT2D eigenvalue weighted by Crippen LogP contribution is -2.55. The van der Waals surface area contributed by atoms with E-state index in [2.05, 4.69) is 0 Å². The van der Waals surface area contributed by atoms with Gasteiger partial charge in [0.25, 0.3) is 0 Å². The largest absolute Gasteiger partial charge is 0.507 e. The molecule has 0 bridgehead atoms. The van der Waals surface area contributed by atoms with Gasteiger partial charge in [-0.1, -0.05) is 129 Å². The molecule has 3 N–H and O–H groups in total. The lowest BCUT2D eigenvalue weighted by molar-refractivity contribution is 0.402. The molecule has 1 aliphatic rings. The summed E-state index contributed by atoms with van der Waals surface area (Å²) in [6, 6.07) is 11.3. The van der Waals surface area contributed by atoms with Gasteiger partial charge < -0.3 is 15.3 Å². The predicted molar refractivity (Wildman–Crippen MR) is 240 cm³/mol. The van der Waals surface area contributed by atoms with E-state index in [1.165, 1.54) is 0 Å². The van der Waals surface area contributed by atoms with Crippen LogP contribution in [0.5, 0.6) is 17.2 Å². The quantitative estimate of drug-likeness (QED) is 0.171. The normalized spacial score (nSPS) is 14.9. The zero-order valence-electron chi connectivity index (χ0n) is 38.6. The third-order valence-electron chi connectivity index (χ3n) is 12.0. The predicted octanol–water partition coefficient (Wildman–Crippen LogP) is 9.97. The summed E-state index contributed by atoms with van der Waals surface area (Å²) in [5, 5.41) is 34.7. The van der Waals surface area contributed by atoms with Crippen molar-refractivity contribution in [2.75, 3.05) is 0 Å². The van der Waals surface area contributed by atoms with Crippen LogP contribution in [0.15, 0.2) is 50.8 Å². The summed E-state index contributed by atoms with van der Waals surface area (Å²) in [6.07, 6.45) is 5.22. The molecular weight excluding hydrogens is 739 g/mol. The van der Waals surface area contributed by atoms with E-state index in [4.69, 9.17) is 0 Å². The van der Waals surface area contributed by atoms with Crippen LogP contribution >= 0.6 is 0 Å². The molecule has 0 saturated heterocycles. The van der Waals surface area contributed by atoms with Crippen molar-refractivity contribution in [3.05, 3.63) is 118 Å². The Kier molecular flexibility index (Phi) is 12.2. The zero-order valence-corrected chi connectivity index (χ0v) is 38.6. The van der Waals surface area contributed by atoms with E-state index in [1.807, 2.05) is 140 Å². The van der Waals surface area contributed by atoms with Gasteiger partial charge in [0.2, 0.25) is 0 Å². The molecule has 322 valence electrons. The lowest BCUT2D eigenvalue weighted by Gasteiger charge is -2.29. The van der Waals surface area contributed by atoms with Crippen molar-refractivity contribution in [3.63, 3.8) is 0 Å². The van der Waals surface area contributed by atoms with Gasteiger partial charge in [-0.15, -0.1) is 0 Å². The molecule has 0 aliphatic heterocycles. The van der Waals surface area contributed by atoms with E-state index in [9.17, 15) is 29.7 Å². The number of phenols is 3. The molecule has 0 atom stereocenters. The molecule has 1 aliphatic carbocycles. The van der Waals surface area contributed by atoms with Crippen molar-refractivity contribution in [1.82, 2.24) is 13.7 Å². The molecular formula is C50H71N3O6. The molecule has 0 unspecified atom stereocenters. The van der Waals surface area contributed by atoms with Crippen molar-refractivity contribution in [2.24, 2.45) is 0 Å². The van der Waals surface area contributed by atoms with Gasteiger partial charge in [0.1, 0.15) is 17.2 Å². The summed E-state index contributed by atoms with van der Waals surface area (Å²) in [4.78, 5) is 44.3. The third-order valence-corrected chi connectivity index (χ3v) is 12.0. The molecule has 3 aromatic carbocycles. The van der Waals surface area contributed by atoms with Gasteiger partial charge in [-0.05, 0) is 126 Å². The second-order valence-electron chi connectivity index (χ2n) is 22.4. The highest BCUT2D eigenvalue weighted by atomic mass is 16.3. The Morgan fingerprint density at radius 3 is 0.949 bits per heavy atom. The van der Waals surface area contributed by atoms with Crippen LogP contribution in [0.4, 0.5) is 0 Å². The van der Waals surface area contributed by atoms with Crippen molar-refractivity contribution in [1.29, 1.82) is 0 Å². The summed E-state index contributed by atoms with van der Waals surface area (Å²) >= 11 is 0. The summed E-state index contributed by atoms with van der Waals surface area (Å²) in [6.45, 7) is 29.9. The first-order valence-electron chi connectivity index (χ1n) is 21.5. The molecule has 59 heavy (non-hydrogen) atoms. The summed E-state index contributed by atoms with van der Waals surface area (Å²) in [5.74, 6) is 0.821. The lowest BCUT2D eigenvalue weighted by atomic mass is 9.78. The van der Waals surface area contributed by atoms with Crippen LogP contribution in [-0.4, -0.2) is 29.0 Å². The van der Waals surface area contributed by atoms with Crippen molar-refractivity contribution < 1.29 is 15.3 Å². The van der Waals surface area contributed by atoms with E-state index < -0.39 is 44.1 Å². The second-order valence-corrected chi connectivity index (χ2v) is 22.4. The molecule has 5 rings (SSSR count). The number of rotatable bonds is 7. The van der Waals surface area contributed by atoms with Crippen molar-refractivity contribution in [2.45, 2.75) is 189 Å². The van der Waals surface area contributed by atoms with Gasteiger partial charge in [0.15, 0.2) is 0 Å². The number of aromatic nitrogens is 3. The first-order chi connectivity index (χ1) is 26.9. The van der Waals surface area contributed by atoms with Crippen LogP contribution in [-0.2, 0) is 46.7 Å². The van der Waals surface area contributed by atoms with Gasteiger partial charge in [0, 0.05) is 0 Å². The SMILES string of the molecule is CC(C)(C)c1cc(Cn2c(=O)n(Cc3cc(C(C)(C)C)c(O)c(C(C)(C)C)c3)c(=O)n(Cc3cc(C(C)(C)C)c(O)c(C(C)(C)C)c3)c2=O)cc(C2CCCCC2)c1O. The van der Waals surface area contributed by atoms with Gasteiger partial charge in [-0.25, -0.2) is 28.1 Å². The number of hydrogen-bond acceptors (Lipinski definition) is 6. The Labute approximate surface area is 351 Å².